The molecule has 2 amide bonds. The summed E-state index contributed by atoms with van der Waals surface area (Å²) in [5.41, 5.74) is 9.17. The molecule has 0 fully saturated rings. The molecule has 1 heterocycles. The number of hydrogen-bond donors (Lipinski definition) is 3. The Hall–Kier alpha value is -4.63. The molecule has 0 bridgehead atoms. The molecule has 0 aromatic heterocycles. The van der Waals surface area contributed by atoms with Crippen LogP contribution in [0.5, 0.6) is 0 Å². The first-order chi connectivity index (χ1) is 19.1. The lowest BCUT2D eigenvalue weighted by atomic mass is 9.84. The Morgan fingerprint density at radius 1 is 1.05 bits per heavy atom. The maximum absolute atomic E-state index is 13.7. The predicted octanol–water partition coefficient (Wildman–Crippen LogP) is 2.52. The van der Waals surface area contributed by atoms with Crippen LogP contribution >= 0.6 is 0 Å². The molecule has 0 aliphatic carbocycles. The van der Waals surface area contributed by atoms with E-state index in [1.54, 1.807) is 31.2 Å². The van der Waals surface area contributed by atoms with Crippen molar-refractivity contribution < 1.29 is 33.9 Å². The minimum Gasteiger partial charge on any atom is -0.481 e. The van der Waals surface area contributed by atoms with Gasteiger partial charge < -0.3 is 26.1 Å². The number of nitrogens with one attached hydrogen (secondary N) is 2. The molecule has 11 heteroatoms. The predicted molar refractivity (Wildman–Crippen MR) is 147 cm³/mol. The highest BCUT2D eigenvalue weighted by molar-refractivity contribution is 6.28. The fourth-order valence-electron chi connectivity index (χ4n) is 4.53. The van der Waals surface area contributed by atoms with Crippen LogP contribution in [0, 0.1) is 5.92 Å². The third-order valence-electron chi connectivity index (χ3n) is 6.78. The Labute approximate surface area is 232 Å². The number of ketones is 1. The van der Waals surface area contributed by atoms with Gasteiger partial charge in [-0.25, -0.2) is 0 Å². The topological polar surface area (TPSA) is 171 Å². The molecule has 1 aliphatic rings. The highest BCUT2D eigenvalue weighted by atomic mass is 16.7. The second-order valence-corrected chi connectivity index (χ2v) is 10.1. The number of carboxylic acids is 1. The minimum atomic E-state index is -1.62. The van der Waals surface area contributed by atoms with Crippen LogP contribution in [0.1, 0.15) is 50.7 Å². The number of hydrogen-bond acceptors (Lipinski definition) is 6. The minimum absolute atomic E-state index is 0.0152. The molecule has 0 radical (unpaired) electrons. The van der Waals surface area contributed by atoms with Gasteiger partial charge in [0, 0.05) is 12.8 Å². The Morgan fingerprint density at radius 3 is 2.25 bits per heavy atom. The smallest absolute Gasteiger partial charge is 0.325 e. The third-order valence-corrected chi connectivity index (χ3v) is 6.78. The van der Waals surface area contributed by atoms with Crippen LogP contribution in [0.15, 0.2) is 65.8 Å². The summed E-state index contributed by atoms with van der Waals surface area (Å²) in [6, 6.07) is 16.3. The van der Waals surface area contributed by atoms with Gasteiger partial charge in [0.25, 0.3) is 11.7 Å². The van der Waals surface area contributed by atoms with Crippen molar-refractivity contribution in [2.24, 2.45) is 11.1 Å². The first kappa shape index (κ1) is 29.9. The van der Waals surface area contributed by atoms with Crippen molar-refractivity contribution >= 4 is 35.5 Å². The van der Waals surface area contributed by atoms with E-state index >= 15 is 0 Å². The number of aliphatic carboxylic acids is 1. The van der Waals surface area contributed by atoms with E-state index in [1.165, 1.54) is 0 Å². The van der Waals surface area contributed by atoms with Gasteiger partial charge in [0.15, 0.2) is 0 Å². The summed E-state index contributed by atoms with van der Waals surface area (Å²) in [4.78, 5) is 59.0. The standard InChI is InChI=1S/C29H33N5O6/c1-18(2)26(33-27(38)19(3)21-12-8-5-9-13-21)23-16-29(40-34-23,15-20-10-6-4-7-11-20)28(39)32-22(14-25(36)37)24(35)17-31-30/h4-13,17-19,22,26H,14-16H2,1-3H3,(H,32,39)(H,33,38)(H,36,37)/t19?,22-,26-,29?/m0/s1. The Morgan fingerprint density at radius 2 is 1.68 bits per heavy atom. The van der Waals surface area contributed by atoms with Crippen molar-refractivity contribution in [3.8, 4) is 0 Å². The SMILES string of the molecule is CC(C(=O)N[C@H](C1=NOC(Cc2ccccc2)(C(=O)N[C@@H](CC(=O)O)C(=O)C=[N+]=[N-])C1)C(C)C)c1ccccc1. The lowest BCUT2D eigenvalue weighted by molar-refractivity contribution is -0.147. The summed E-state index contributed by atoms with van der Waals surface area (Å²) in [6.45, 7) is 5.62. The fourth-order valence-corrected chi connectivity index (χ4v) is 4.53. The van der Waals surface area contributed by atoms with E-state index in [0.717, 1.165) is 11.1 Å². The van der Waals surface area contributed by atoms with Crippen LogP contribution in [-0.2, 0) is 30.4 Å². The second-order valence-electron chi connectivity index (χ2n) is 10.1. The van der Waals surface area contributed by atoms with E-state index in [9.17, 15) is 24.3 Å². The molecule has 0 saturated carbocycles. The van der Waals surface area contributed by atoms with Gasteiger partial charge in [-0.2, -0.15) is 4.79 Å². The van der Waals surface area contributed by atoms with E-state index < -0.39 is 47.7 Å². The molecule has 3 N–H and O–H groups in total. The fraction of sp³-hybridized carbons (Fsp3) is 0.379. The highest BCUT2D eigenvalue weighted by Crippen LogP contribution is 2.32. The third kappa shape index (κ3) is 7.48. The number of nitrogens with zero attached hydrogens (tertiary/aromatic N) is 3. The Balaban J connectivity index is 1.87. The van der Waals surface area contributed by atoms with Gasteiger partial charge in [0.05, 0.1) is 24.1 Å². The normalized spacial score (nSPS) is 18.4. The van der Waals surface area contributed by atoms with E-state index in [0.29, 0.717) is 11.9 Å². The highest BCUT2D eigenvalue weighted by Gasteiger charge is 2.49. The number of rotatable bonds is 13. The van der Waals surface area contributed by atoms with Crippen molar-refractivity contribution in [3.63, 3.8) is 0 Å². The first-order valence-electron chi connectivity index (χ1n) is 12.9. The molecule has 2 aromatic carbocycles. The number of carboxylic acid groups (broad SMARTS) is 1. The number of benzene rings is 2. The molecule has 11 nitrogen and oxygen atoms in total. The molecule has 210 valence electrons. The monoisotopic (exact) mass is 547 g/mol. The quantitative estimate of drug-likeness (QED) is 0.198. The van der Waals surface area contributed by atoms with Crippen LogP contribution in [0.2, 0.25) is 0 Å². The van der Waals surface area contributed by atoms with E-state index in [4.69, 9.17) is 10.4 Å². The number of carbonyl (C=O) groups is 4. The van der Waals surface area contributed by atoms with Crippen molar-refractivity contribution in [2.45, 2.75) is 63.6 Å². The van der Waals surface area contributed by atoms with Crippen LogP contribution in [0.25, 0.3) is 5.53 Å². The lowest BCUT2D eigenvalue weighted by Gasteiger charge is -2.28. The van der Waals surface area contributed by atoms with Gasteiger partial charge in [-0.1, -0.05) is 79.7 Å². The molecule has 2 aromatic rings. The molecule has 40 heavy (non-hydrogen) atoms. The van der Waals surface area contributed by atoms with Gasteiger partial charge in [-0.3, -0.25) is 19.2 Å². The zero-order chi connectivity index (χ0) is 29.3. The van der Waals surface area contributed by atoms with Crippen LogP contribution in [0.3, 0.4) is 0 Å². The summed E-state index contributed by atoms with van der Waals surface area (Å²) in [5, 5.41) is 19.0. The van der Waals surface area contributed by atoms with E-state index in [-0.39, 0.29) is 24.7 Å². The zero-order valence-electron chi connectivity index (χ0n) is 22.6. The van der Waals surface area contributed by atoms with Gasteiger partial charge in [-0.15, -0.1) is 0 Å². The van der Waals surface area contributed by atoms with Crippen molar-refractivity contribution in [1.29, 1.82) is 0 Å². The molecule has 0 spiro atoms. The molecule has 1 aliphatic heterocycles. The van der Waals surface area contributed by atoms with Gasteiger partial charge >= 0.3 is 12.2 Å². The molecular weight excluding hydrogens is 514 g/mol. The van der Waals surface area contributed by atoms with Gasteiger partial charge in [0.1, 0.15) is 6.04 Å². The number of oxime groups is 1. The maximum atomic E-state index is 13.7. The average molecular weight is 548 g/mol. The molecule has 3 rings (SSSR count). The first-order valence-corrected chi connectivity index (χ1v) is 12.9. The van der Waals surface area contributed by atoms with E-state index in [1.807, 2.05) is 50.2 Å². The summed E-state index contributed by atoms with van der Waals surface area (Å²) < 4.78 is 0. The van der Waals surface area contributed by atoms with Crippen LogP contribution < -0.4 is 10.6 Å². The average Bonchev–Trinajstić information content (AvgIpc) is 3.36. The number of carbonyl (C=O) groups excluding carboxylic acids is 3. The molecule has 0 saturated heterocycles. The van der Waals surface area contributed by atoms with Gasteiger partial charge in [0.2, 0.25) is 11.5 Å². The van der Waals surface area contributed by atoms with Crippen molar-refractivity contribution in [1.82, 2.24) is 10.6 Å². The Kier molecular flexibility index (Phi) is 10.1. The molecule has 4 atom stereocenters. The number of amides is 2. The van der Waals surface area contributed by atoms with Crippen molar-refractivity contribution in [3.05, 3.63) is 77.3 Å². The lowest BCUT2D eigenvalue weighted by Crippen LogP contribution is -2.55. The largest absolute Gasteiger partial charge is 0.481 e. The molecule has 2 unspecified atom stereocenters. The maximum Gasteiger partial charge on any atom is 0.325 e. The summed E-state index contributed by atoms with van der Waals surface area (Å²) in [6.07, 6.45) is -0.145. The van der Waals surface area contributed by atoms with Gasteiger partial charge in [-0.05, 0) is 24.0 Å². The Bertz CT molecular complexity index is 1310. The van der Waals surface area contributed by atoms with Crippen LogP contribution in [-0.4, -0.2) is 63.1 Å². The van der Waals surface area contributed by atoms with Crippen molar-refractivity contribution in [2.75, 3.05) is 0 Å². The summed E-state index contributed by atoms with van der Waals surface area (Å²) >= 11 is 0. The molecular formula is C29H33N5O6. The zero-order valence-corrected chi connectivity index (χ0v) is 22.6. The van der Waals surface area contributed by atoms with E-state index in [2.05, 4.69) is 20.6 Å². The van der Waals surface area contributed by atoms with Crippen LogP contribution in [0.4, 0.5) is 0 Å². The summed E-state index contributed by atoms with van der Waals surface area (Å²) in [5.74, 6) is -3.73. The summed E-state index contributed by atoms with van der Waals surface area (Å²) in [7, 11) is 0. The second kappa shape index (κ2) is 13.4. The number of Topliss-reactive ketones (excluding diaryl/α,β-unsaturated/α-hetero) is 1.